The van der Waals surface area contributed by atoms with Crippen LogP contribution >= 0.6 is 35.2 Å². The van der Waals surface area contributed by atoms with Gasteiger partial charge in [-0.15, -0.1) is 11.3 Å². The topological polar surface area (TPSA) is 33.6 Å². The molecule has 68 valence electrons. The highest BCUT2D eigenvalue weighted by Crippen LogP contribution is 2.21. The number of nitrogens with zero attached hydrogens (tertiary/aromatic N) is 2. The minimum atomic E-state index is 0.629. The van der Waals surface area contributed by atoms with Crippen molar-refractivity contribution in [2.45, 2.75) is 6.54 Å². The van der Waals surface area contributed by atoms with E-state index in [1.54, 1.807) is 17.7 Å². The largest absolute Gasteiger partial charge is 0.301 e. The normalized spacial score (nSPS) is 10.5. The number of aromatic nitrogens is 3. The lowest BCUT2D eigenvalue weighted by Gasteiger charge is -1.95. The molecular formula is C7H6ClN3S2. The van der Waals surface area contributed by atoms with Gasteiger partial charge in [0.2, 0.25) is 0 Å². The van der Waals surface area contributed by atoms with Gasteiger partial charge in [-0.3, -0.25) is 5.10 Å². The Labute approximate surface area is 89.0 Å². The maximum atomic E-state index is 5.80. The van der Waals surface area contributed by atoms with Crippen LogP contribution in [0.4, 0.5) is 0 Å². The molecule has 0 atom stereocenters. The summed E-state index contributed by atoms with van der Waals surface area (Å²) in [6.45, 7) is 0.729. The zero-order chi connectivity index (χ0) is 9.26. The third-order valence-electron chi connectivity index (χ3n) is 1.57. The summed E-state index contributed by atoms with van der Waals surface area (Å²) in [5, 5.41) is 6.53. The third kappa shape index (κ3) is 1.99. The van der Waals surface area contributed by atoms with Gasteiger partial charge in [-0.1, -0.05) is 11.6 Å². The number of nitrogens with one attached hydrogen (secondary N) is 1. The summed E-state index contributed by atoms with van der Waals surface area (Å²) >= 11 is 12.4. The number of thiophene rings is 1. The molecule has 0 radical (unpaired) electrons. The molecule has 0 aliphatic heterocycles. The molecule has 0 aromatic carbocycles. The predicted octanol–water partition coefficient (Wildman–Crippen LogP) is 2.70. The molecule has 6 heteroatoms. The van der Waals surface area contributed by atoms with Crippen molar-refractivity contribution in [1.29, 1.82) is 0 Å². The standard InChI is InChI=1S/C7H6ClN3S2/c8-6-2-1-5(13-6)3-11-4-9-10-7(11)12/h1-2,4H,3H2,(H,10,12). The quantitative estimate of drug-likeness (QED) is 0.807. The van der Waals surface area contributed by atoms with E-state index in [1.165, 1.54) is 4.88 Å². The molecule has 0 spiro atoms. The van der Waals surface area contributed by atoms with Gasteiger partial charge in [-0.25, -0.2) is 0 Å². The predicted molar refractivity (Wildman–Crippen MR) is 55.8 cm³/mol. The molecule has 13 heavy (non-hydrogen) atoms. The SMILES string of the molecule is S=c1[nH]ncn1Cc1ccc(Cl)s1. The van der Waals surface area contributed by atoms with Crippen LogP contribution in [-0.4, -0.2) is 14.8 Å². The van der Waals surface area contributed by atoms with Gasteiger partial charge < -0.3 is 4.57 Å². The monoisotopic (exact) mass is 231 g/mol. The van der Waals surface area contributed by atoms with Gasteiger partial charge in [-0.05, 0) is 24.4 Å². The number of halogens is 1. The van der Waals surface area contributed by atoms with E-state index in [0.717, 1.165) is 10.9 Å². The van der Waals surface area contributed by atoms with Gasteiger partial charge in [0.05, 0.1) is 10.9 Å². The molecular weight excluding hydrogens is 226 g/mol. The number of hydrogen-bond donors (Lipinski definition) is 1. The summed E-state index contributed by atoms with van der Waals surface area (Å²) in [4.78, 5) is 1.17. The second kappa shape index (κ2) is 3.61. The molecule has 2 heterocycles. The van der Waals surface area contributed by atoms with Crippen LogP contribution in [0.15, 0.2) is 18.5 Å². The van der Waals surface area contributed by atoms with Crippen molar-refractivity contribution in [2.75, 3.05) is 0 Å². The number of rotatable bonds is 2. The Morgan fingerprint density at radius 2 is 2.46 bits per heavy atom. The second-order valence-electron chi connectivity index (χ2n) is 2.50. The first kappa shape index (κ1) is 8.93. The molecule has 0 aliphatic carbocycles. The average molecular weight is 232 g/mol. The van der Waals surface area contributed by atoms with Crippen LogP contribution in [0.2, 0.25) is 4.34 Å². The highest BCUT2D eigenvalue weighted by Gasteiger charge is 1.99. The van der Waals surface area contributed by atoms with Gasteiger partial charge in [0.25, 0.3) is 0 Å². The van der Waals surface area contributed by atoms with Gasteiger partial charge >= 0.3 is 0 Å². The lowest BCUT2D eigenvalue weighted by atomic mass is 10.5. The molecule has 2 aromatic rings. The molecule has 0 bridgehead atoms. The summed E-state index contributed by atoms with van der Waals surface area (Å²) < 4.78 is 3.28. The molecule has 0 unspecified atom stereocenters. The molecule has 1 N–H and O–H groups in total. The summed E-state index contributed by atoms with van der Waals surface area (Å²) in [7, 11) is 0. The Kier molecular flexibility index (Phi) is 2.48. The van der Waals surface area contributed by atoms with Crippen molar-refractivity contribution < 1.29 is 0 Å². The first-order valence-electron chi connectivity index (χ1n) is 3.60. The molecule has 2 aromatic heterocycles. The fourth-order valence-corrected chi connectivity index (χ4v) is 2.24. The average Bonchev–Trinajstić information content (AvgIpc) is 2.64. The van der Waals surface area contributed by atoms with E-state index in [0.29, 0.717) is 4.77 Å². The van der Waals surface area contributed by atoms with Crippen LogP contribution in [0.1, 0.15) is 4.88 Å². The molecule has 2 rings (SSSR count). The molecule has 0 saturated carbocycles. The van der Waals surface area contributed by atoms with E-state index in [2.05, 4.69) is 10.2 Å². The lowest BCUT2D eigenvalue weighted by molar-refractivity contribution is 0.794. The third-order valence-corrected chi connectivity index (χ3v) is 3.11. The van der Waals surface area contributed by atoms with Crippen molar-refractivity contribution >= 4 is 35.2 Å². The van der Waals surface area contributed by atoms with E-state index in [4.69, 9.17) is 23.8 Å². The van der Waals surface area contributed by atoms with Crippen molar-refractivity contribution in [3.63, 3.8) is 0 Å². The van der Waals surface area contributed by atoms with Gasteiger partial charge in [0, 0.05) is 4.88 Å². The first-order chi connectivity index (χ1) is 6.25. The Balaban J connectivity index is 2.24. The van der Waals surface area contributed by atoms with Gasteiger partial charge in [0.1, 0.15) is 6.33 Å². The summed E-state index contributed by atoms with van der Waals surface area (Å²) in [6, 6.07) is 3.87. The Bertz CT molecular complexity index is 456. The highest BCUT2D eigenvalue weighted by atomic mass is 35.5. The van der Waals surface area contributed by atoms with E-state index in [1.807, 2.05) is 16.7 Å². The minimum Gasteiger partial charge on any atom is -0.301 e. The number of hydrogen-bond acceptors (Lipinski definition) is 3. The minimum absolute atomic E-state index is 0.629. The molecule has 0 saturated heterocycles. The lowest BCUT2D eigenvalue weighted by Crippen LogP contribution is -1.95. The highest BCUT2D eigenvalue weighted by molar-refractivity contribution is 7.71. The van der Waals surface area contributed by atoms with E-state index in [9.17, 15) is 0 Å². The zero-order valence-corrected chi connectivity index (χ0v) is 8.92. The maximum Gasteiger partial charge on any atom is 0.195 e. The van der Waals surface area contributed by atoms with E-state index < -0.39 is 0 Å². The molecule has 3 nitrogen and oxygen atoms in total. The van der Waals surface area contributed by atoms with Gasteiger partial charge in [0.15, 0.2) is 4.77 Å². The van der Waals surface area contributed by atoms with Crippen LogP contribution < -0.4 is 0 Å². The smallest absolute Gasteiger partial charge is 0.195 e. The first-order valence-corrected chi connectivity index (χ1v) is 5.20. The van der Waals surface area contributed by atoms with Crippen LogP contribution in [0.5, 0.6) is 0 Å². The van der Waals surface area contributed by atoms with Crippen molar-refractivity contribution in [2.24, 2.45) is 0 Å². The van der Waals surface area contributed by atoms with Crippen molar-refractivity contribution in [1.82, 2.24) is 14.8 Å². The van der Waals surface area contributed by atoms with E-state index in [-0.39, 0.29) is 0 Å². The molecule has 0 amide bonds. The Morgan fingerprint density at radius 3 is 3.00 bits per heavy atom. The second-order valence-corrected chi connectivity index (χ2v) is 4.68. The van der Waals surface area contributed by atoms with Crippen molar-refractivity contribution in [3.8, 4) is 0 Å². The molecule has 0 fully saturated rings. The summed E-state index contributed by atoms with van der Waals surface area (Å²) in [5.74, 6) is 0. The summed E-state index contributed by atoms with van der Waals surface area (Å²) in [5.41, 5.74) is 0. The van der Waals surface area contributed by atoms with Crippen LogP contribution in [-0.2, 0) is 6.54 Å². The van der Waals surface area contributed by atoms with Gasteiger partial charge in [-0.2, -0.15) is 5.10 Å². The van der Waals surface area contributed by atoms with E-state index >= 15 is 0 Å². The zero-order valence-electron chi connectivity index (χ0n) is 6.53. The fraction of sp³-hybridized carbons (Fsp3) is 0.143. The number of H-pyrrole nitrogens is 1. The Hall–Kier alpha value is -0.650. The summed E-state index contributed by atoms with van der Waals surface area (Å²) in [6.07, 6.45) is 1.68. The van der Waals surface area contributed by atoms with Crippen LogP contribution in [0, 0.1) is 4.77 Å². The fourth-order valence-electron chi connectivity index (χ4n) is 0.988. The maximum absolute atomic E-state index is 5.80. The van der Waals surface area contributed by atoms with Crippen LogP contribution in [0.3, 0.4) is 0 Å². The Morgan fingerprint density at radius 1 is 1.62 bits per heavy atom. The van der Waals surface area contributed by atoms with Crippen molar-refractivity contribution in [3.05, 3.63) is 32.4 Å². The number of aromatic amines is 1. The molecule has 0 aliphatic rings. The van der Waals surface area contributed by atoms with Crippen LogP contribution in [0.25, 0.3) is 0 Å².